The molecule has 8 aromatic carbocycles. The molecule has 0 spiro atoms. The molecule has 1 aliphatic rings. The van der Waals surface area contributed by atoms with Gasteiger partial charge in [0.05, 0.1) is 11.0 Å². The van der Waals surface area contributed by atoms with Gasteiger partial charge < -0.3 is 9.30 Å². The molecule has 1 aromatic heterocycles. The molecule has 46 heavy (non-hydrogen) atoms. The zero-order valence-corrected chi connectivity index (χ0v) is 24.9. The summed E-state index contributed by atoms with van der Waals surface area (Å²) >= 11 is 0. The zero-order chi connectivity index (χ0) is 30.2. The van der Waals surface area contributed by atoms with Crippen LogP contribution in [0, 0.1) is 0 Å². The van der Waals surface area contributed by atoms with Crippen LogP contribution in [0.1, 0.15) is 0 Å². The van der Waals surface area contributed by atoms with Gasteiger partial charge in [-0.1, -0.05) is 121 Å². The van der Waals surface area contributed by atoms with Crippen LogP contribution in [0.5, 0.6) is 11.5 Å². The lowest BCUT2D eigenvalue weighted by molar-refractivity contribution is 0.487. The number of para-hydroxylation sites is 2. The first-order valence-corrected chi connectivity index (χ1v) is 15.8. The quantitative estimate of drug-likeness (QED) is 0.201. The average Bonchev–Trinajstić information content (AvgIpc) is 3.45. The molecule has 10 rings (SSSR count). The summed E-state index contributed by atoms with van der Waals surface area (Å²) in [5.74, 6) is 1.83. The van der Waals surface area contributed by atoms with Crippen LogP contribution in [0.4, 0.5) is 0 Å². The second kappa shape index (κ2) is 9.69. The van der Waals surface area contributed by atoms with E-state index in [9.17, 15) is 0 Å². The fourth-order valence-electron chi connectivity index (χ4n) is 7.51. The summed E-state index contributed by atoms with van der Waals surface area (Å²) < 4.78 is 8.76. The van der Waals surface area contributed by atoms with Gasteiger partial charge in [-0.05, 0) is 86.4 Å². The molecule has 9 aromatic rings. The Bertz CT molecular complexity index is 2650. The van der Waals surface area contributed by atoms with Crippen LogP contribution in [-0.2, 0) is 0 Å². The molecule has 0 aliphatic carbocycles. The van der Waals surface area contributed by atoms with Gasteiger partial charge in [0, 0.05) is 27.4 Å². The van der Waals surface area contributed by atoms with Crippen LogP contribution in [0.15, 0.2) is 164 Å². The van der Waals surface area contributed by atoms with Gasteiger partial charge in [-0.3, -0.25) is 0 Å². The number of fused-ring (bicyclic) bond motifs is 6. The molecular weight excluding hydrogens is 558 g/mol. The van der Waals surface area contributed by atoms with Gasteiger partial charge in [-0.25, -0.2) is 0 Å². The zero-order valence-electron chi connectivity index (χ0n) is 24.9. The minimum atomic E-state index is 0.912. The Morgan fingerprint density at radius 2 is 1.04 bits per heavy atom. The van der Waals surface area contributed by atoms with E-state index in [-0.39, 0.29) is 0 Å². The number of hydrogen-bond donors (Lipinski definition) is 0. The van der Waals surface area contributed by atoms with Crippen LogP contribution >= 0.6 is 0 Å². The van der Waals surface area contributed by atoms with Crippen molar-refractivity contribution in [2.24, 2.45) is 0 Å². The first kappa shape index (κ1) is 25.2. The Labute approximate surface area is 266 Å². The number of nitrogens with zero attached hydrogens (tertiary/aromatic N) is 1. The van der Waals surface area contributed by atoms with E-state index in [4.69, 9.17) is 4.74 Å². The highest BCUT2D eigenvalue weighted by Crippen LogP contribution is 2.48. The molecule has 0 bridgehead atoms. The van der Waals surface area contributed by atoms with E-state index in [0.29, 0.717) is 0 Å². The van der Waals surface area contributed by atoms with Gasteiger partial charge in [0.1, 0.15) is 11.5 Å². The summed E-state index contributed by atoms with van der Waals surface area (Å²) in [6, 6.07) is 59.0. The molecule has 0 atom stereocenters. The lowest BCUT2D eigenvalue weighted by Crippen LogP contribution is -1.97. The molecule has 0 unspecified atom stereocenters. The fraction of sp³-hybridized carbons (Fsp3) is 0. The van der Waals surface area contributed by atoms with Crippen LogP contribution in [0.3, 0.4) is 0 Å². The molecular formula is C44H27NO. The third-order valence-electron chi connectivity index (χ3n) is 9.58. The molecule has 2 heterocycles. The van der Waals surface area contributed by atoms with E-state index >= 15 is 0 Å². The SMILES string of the molecule is c1ccc(-n2c3cc4ccccc4cc3c3c(-c4ccc(-c5ccc6c7c(cccc57)-c5ccccc5O6)cc4)cccc32)cc1. The predicted octanol–water partition coefficient (Wildman–Crippen LogP) is 12.2. The van der Waals surface area contributed by atoms with Crippen molar-refractivity contribution in [3.05, 3.63) is 164 Å². The summed E-state index contributed by atoms with van der Waals surface area (Å²) in [6.07, 6.45) is 0. The molecule has 0 saturated heterocycles. The van der Waals surface area contributed by atoms with E-state index in [1.807, 2.05) is 12.1 Å². The van der Waals surface area contributed by atoms with Crippen molar-refractivity contribution in [3.8, 4) is 50.6 Å². The second-order valence-electron chi connectivity index (χ2n) is 12.1. The second-order valence-corrected chi connectivity index (χ2v) is 12.1. The summed E-state index contributed by atoms with van der Waals surface area (Å²) in [6.45, 7) is 0. The van der Waals surface area contributed by atoms with E-state index in [2.05, 4.69) is 156 Å². The van der Waals surface area contributed by atoms with E-state index < -0.39 is 0 Å². The summed E-state index contributed by atoms with van der Waals surface area (Å²) in [4.78, 5) is 0. The Hall–Kier alpha value is -6.12. The Morgan fingerprint density at radius 3 is 1.89 bits per heavy atom. The maximum atomic E-state index is 6.35. The first-order valence-electron chi connectivity index (χ1n) is 15.8. The number of rotatable bonds is 3. The minimum Gasteiger partial charge on any atom is -0.456 e. The van der Waals surface area contributed by atoms with Crippen molar-refractivity contribution in [2.45, 2.75) is 0 Å². The molecule has 214 valence electrons. The van der Waals surface area contributed by atoms with Crippen LogP contribution in [0.25, 0.3) is 82.4 Å². The highest BCUT2D eigenvalue weighted by Gasteiger charge is 2.21. The Kier molecular flexibility index (Phi) is 5.31. The number of hydrogen-bond acceptors (Lipinski definition) is 1. The Morgan fingerprint density at radius 1 is 0.370 bits per heavy atom. The third-order valence-corrected chi connectivity index (χ3v) is 9.58. The summed E-state index contributed by atoms with van der Waals surface area (Å²) in [5.41, 5.74) is 10.8. The summed E-state index contributed by atoms with van der Waals surface area (Å²) in [7, 11) is 0. The van der Waals surface area contributed by atoms with E-state index in [1.54, 1.807) is 0 Å². The fourth-order valence-corrected chi connectivity index (χ4v) is 7.51. The summed E-state index contributed by atoms with van der Waals surface area (Å²) in [5, 5.41) is 7.42. The number of benzene rings is 8. The largest absolute Gasteiger partial charge is 0.456 e. The van der Waals surface area contributed by atoms with Crippen molar-refractivity contribution in [3.63, 3.8) is 0 Å². The lowest BCUT2D eigenvalue weighted by atomic mass is 9.90. The Balaban J connectivity index is 1.16. The average molecular weight is 586 g/mol. The van der Waals surface area contributed by atoms with Gasteiger partial charge >= 0.3 is 0 Å². The topological polar surface area (TPSA) is 14.2 Å². The van der Waals surface area contributed by atoms with Gasteiger partial charge in [0.15, 0.2) is 0 Å². The highest BCUT2D eigenvalue weighted by molar-refractivity contribution is 6.19. The molecule has 0 fully saturated rings. The van der Waals surface area contributed by atoms with Crippen LogP contribution in [0.2, 0.25) is 0 Å². The molecule has 0 amide bonds. The number of ether oxygens (including phenoxy) is 1. The maximum Gasteiger partial charge on any atom is 0.135 e. The lowest BCUT2D eigenvalue weighted by Gasteiger charge is -2.22. The van der Waals surface area contributed by atoms with Crippen LogP contribution < -0.4 is 4.74 Å². The smallest absolute Gasteiger partial charge is 0.135 e. The van der Waals surface area contributed by atoms with Crippen molar-refractivity contribution in [1.29, 1.82) is 0 Å². The third kappa shape index (κ3) is 3.65. The normalized spacial score (nSPS) is 12.1. The molecule has 2 heteroatoms. The van der Waals surface area contributed by atoms with Gasteiger partial charge in [-0.2, -0.15) is 0 Å². The highest BCUT2D eigenvalue weighted by atomic mass is 16.5. The van der Waals surface area contributed by atoms with Crippen molar-refractivity contribution in [1.82, 2.24) is 4.57 Å². The first-order chi connectivity index (χ1) is 22.8. The van der Waals surface area contributed by atoms with Gasteiger partial charge in [-0.15, -0.1) is 0 Å². The van der Waals surface area contributed by atoms with Gasteiger partial charge in [0.25, 0.3) is 0 Å². The van der Waals surface area contributed by atoms with Crippen molar-refractivity contribution < 1.29 is 4.74 Å². The number of aromatic nitrogens is 1. The molecule has 2 nitrogen and oxygen atoms in total. The van der Waals surface area contributed by atoms with E-state index in [1.165, 1.54) is 76.9 Å². The monoisotopic (exact) mass is 585 g/mol. The molecule has 0 N–H and O–H groups in total. The maximum absolute atomic E-state index is 6.35. The molecule has 1 aliphatic heterocycles. The van der Waals surface area contributed by atoms with Crippen LogP contribution in [-0.4, -0.2) is 4.57 Å². The van der Waals surface area contributed by atoms with E-state index in [0.717, 1.165) is 17.1 Å². The standard InChI is InChI=1S/C44H27NO/c1-2-12-32(13-3-1)45-39-18-9-15-34(43(39)38-26-30-10-4-5-11-31(30)27-40(38)45)29-22-20-28(21-23-29)33-24-25-42-44-36(33)16-8-17-37(44)35-14-6-7-19-41(35)46-42/h1-27H. The molecule has 0 saturated carbocycles. The van der Waals surface area contributed by atoms with Crippen molar-refractivity contribution >= 4 is 43.4 Å². The minimum absolute atomic E-state index is 0.912. The molecule has 0 radical (unpaired) electrons. The predicted molar refractivity (Wildman–Crippen MR) is 192 cm³/mol. The van der Waals surface area contributed by atoms with Crippen molar-refractivity contribution in [2.75, 3.05) is 0 Å². The van der Waals surface area contributed by atoms with Gasteiger partial charge in [0.2, 0.25) is 0 Å².